The largest absolute Gasteiger partial charge is 0.495 e. The van der Waals surface area contributed by atoms with Crippen molar-refractivity contribution in [3.63, 3.8) is 0 Å². The van der Waals surface area contributed by atoms with E-state index in [1.54, 1.807) is 7.11 Å². The molecule has 0 aromatic heterocycles. The molecular formula is C7H10BrNO5S. The van der Waals surface area contributed by atoms with Gasteiger partial charge in [0.2, 0.25) is 0 Å². The lowest BCUT2D eigenvalue weighted by molar-refractivity contribution is 0.381. The fourth-order valence-corrected chi connectivity index (χ4v) is 1.04. The summed E-state index contributed by atoms with van der Waals surface area (Å²) in [6.45, 7) is 0. The maximum Gasteiger partial charge on any atom is 0.394 e. The van der Waals surface area contributed by atoms with Crippen molar-refractivity contribution in [3.8, 4) is 5.75 Å². The molecule has 0 aliphatic rings. The molecule has 0 heterocycles. The summed E-state index contributed by atoms with van der Waals surface area (Å²) in [6, 6.07) is 5.57. The molecule has 0 atom stereocenters. The number of anilines is 1. The summed E-state index contributed by atoms with van der Waals surface area (Å²) in [7, 11) is -3.07. The van der Waals surface area contributed by atoms with Crippen molar-refractivity contribution in [1.29, 1.82) is 0 Å². The summed E-state index contributed by atoms with van der Waals surface area (Å²) < 4.78 is 37.4. The van der Waals surface area contributed by atoms with E-state index in [-0.39, 0.29) is 0 Å². The molecule has 1 rings (SSSR count). The first kappa shape index (κ1) is 14.2. The van der Waals surface area contributed by atoms with Gasteiger partial charge in [0.05, 0.1) is 12.8 Å². The maximum absolute atomic E-state index is 8.74. The second kappa shape index (κ2) is 5.91. The Labute approximate surface area is 95.8 Å². The van der Waals surface area contributed by atoms with Gasteiger partial charge in [0.25, 0.3) is 0 Å². The summed E-state index contributed by atoms with van der Waals surface area (Å²) in [4.78, 5) is 0. The van der Waals surface area contributed by atoms with E-state index in [1.807, 2.05) is 18.2 Å². The summed E-state index contributed by atoms with van der Waals surface area (Å²) in [6.07, 6.45) is 0. The van der Waals surface area contributed by atoms with Crippen molar-refractivity contribution < 1.29 is 22.3 Å². The minimum atomic E-state index is -4.67. The third-order valence-electron chi connectivity index (χ3n) is 1.23. The number of hydrogen-bond acceptors (Lipinski definition) is 4. The first-order chi connectivity index (χ1) is 6.75. The molecule has 15 heavy (non-hydrogen) atoms. The Kier molecular flexibility index (Phi) is 5.58. The molecule has 0 aliphatic heterocycles. The number of nitrogen functional groups attached to an aromatic ring is 1. The predicted octanol–water partition coefficient (Wildman–Crippen LogP) is 1.39. The van der Waals surface area contributed by atoms with Crippen molar-refractivity contribution in [2.45, 2.75) is 0 Å². The molecule has 0 saturated carbocycles. The highest BCUT2D eigenvalue weighted by Crippen LogP contribution is 2.28. The van der Waals surface area contributed by atoms with E-state index in [4.69, 9.17) is 28.0 Å². The van der Waals surface area contributed by atoms with Gasteiger partial charge in [0.1, 0.15) is 5.75 Å². The van der Waals surface area contributed by atoms with Crippen LogP contribution in [0, 0.1) is 0 Å². The minimum Gasteiger partial charge on any atom is -0.495 e. The van der Waals surface area contributed by atoms with Gasteiger partial charge in [0.15, 0.2) is 0 Å². The normalized spacial score (nSPS) is 10.1. The Hall–Kier alpha value is -0.830. The number of rotatable bonds is 1. The molecule has 4 N–H and O–H groups in total. The van der Waals surface area contributed by atoms with Gasteiger partial charge in [-0.25, -0.2) is 0 Å². The molecule has 0 amide bonds. The third-order valence-corrected chi connectivity index (χ3v) is 1.92. The predicted molar refractivity (Wildman–Crippen MR) is 59.3 cm³/mol. The Morgan fingerprint density at radius 3 is 2.20 bits per heavy atom. The van der Waals surface area contributed by atoms with Crippen LogP contribution in [0.15, 0.2) is 22.7 Å². The molecule has 0 saturated heterocycles. The summed E-state index contributed by atoms with van der Waals surface area (Å²) in [5.41, 5.74) is 6.26. The zero-order chi connectivity index (χ0) is 12.1. The van der Waals surface area contributed by atoms with Crippen molar-refractivity contribution in [2.24, 2.45) is 0 Å². The molecule has 1 aromatic carbocycles. The van der Waals surface area contributed by atoms with Crippen LogP contribution >= 0.6 is 15.9 Å². The summed E-state index contributed by atoms with van der Waals surface area (Å²) >= 11 is 3.28. The molecular weight excluding hydrogens is 290 g/mol. The zero-order valence-electron chi connectivity index (χ0n) is 7.71. The van der Waals surface area contributed by atoms with Gasteiger partial charge in [-0.3, -0.25) is 9.11 Å². The van der Waals surface area contributed by atoms with Crippen molar-refractivity contribution in [1.82, 2.24) is 0 Å². The van der Waals surface area contributed by atoms with Crippen molar-refractivity contribution in [2.75, 3.05) is 12.8 Å². The fraction of sp³-hybridized carbons (Fsp3) is 0.143. The van der Waals surface area contributed by atoms with Gasteiger partial charge in [0, 0.05) is 4.47 Å². The number of ether oxygens (including phenoxy) is 1. The summed E-state index contributed by atoms with van der Waals surface area (Å²) in [5.74, 6) is 0.703. The van der Waals surface area contributed by atoms with Crippen LogP contribution in [0.4, 0.5) is 5.69 Å². The van der Waals surface area contributed by atoms with Crippen LogP contribution in [0.1, 0.15) is 0 Å². The highest BCUT2D eigenvalue weighted by atomic mass is 79.9. The maximum atomic E-state index is 8.74. The van der Waals surface area contributed by atoms with Crippen LogP contribution in [0.5, 0.6) is 5.75 Å². The lowest BCUT2D eigenvalue weighted by Gasteiger charge is -2.03. The van der Waals surface area contributed by atoms with E-state index >= 15 is 0 Å². The van der Waals surface area contributed by atoms with Crippen molar-refractivity contribution >= 4 is 32.0 Å². The second-order valence-electron chi connectivity index (χ2n) is 2.30. The highest BCUT2D eigenvalue weighted by Gasteiger charge is 1.99. The molecule has 0 bridgehead atoms. The topological polar surface area (TPSA) is 110 Å². The Balaban J connectivity index is 0.000000336. The lowest BCUT2D eigenvalue weighted by Crippen LogP contribution is -1.92. The Bertz CT molecular complexity index is 411. The van der Waals surface area contributed by atoms with Crippen LogP contribution in [0.25, 0.3) is 0 Å². The van der Waals surface area contributed by atoms with Gasteiger partial charge in [-0.05, 0) is 28.1 Å². The summed E-state index contributed by atoms with van der Waals surface area (Å²) in [5, 5.41) is 0. The van der Waals surface area contributed by atoms with E-state index < -0.39 is 10.4 Å². The van der Waals surface area contributed by atoms with Crippen LogP contribution in [0.2, 0.25) is 0 Å². The molecule has 0 radical (unpaired) electrons. The molecule has 6 nitrogen and oxygen atoms in total. The number of benzene rings is 1. The number of hydrogen-bond donors (Lipinski definition) is 3. The molecule has 1 aromatic rings. The van der Waals surface area contributed by atoms with E-state index in [0.29, 0.717) is 11.4 Å². The standard InChI is InChI=1S/C7H8BrNO.H2O4S/c1-10-6-4-2-3-5(8)7(6)9;1-5(2,3)4/h2-4H,9H2,1H3;(H2,1,2,3,4). The smallest absolute Gasteiger partial charge is 0.394 e. The van der Waals surface area contributed by atoms with E-state index in [2.05, 4.69) is 15.9 Å². The zero-order valence-corrected chi connectivity index (χ0v) is 10.1. The van der Waals surface area contributed by atoms with Crippen LogP contribution in [-0.4, -0.2) is 24.6 Å². The van der Waals surface area contributed by atoms with Crippen LogP contribution in [-0.2, 0) is 10.4 Å². The first-order valence-electron chi connectivity index (χ1n) is 3.53. The quantitative estimate of drug-likeness (QED) is 0.534. The average molecular weight is 300 g/mol. The molecule has 86 valence electrons. The number of halogens is 1. The highest BCUT2D eigenvalue weighted by molar-refractivity contribution is 9.10. The number of para-hydroxylation sites is 1. The molecule has 8 heteroatoms. The van der Waals surface area contributed by atoms with E-state index in [0.717, 1.165) is 4.47 Å². The SMILES string of the molecule is COc1cccc(Br)c1N.O=S(=O)(O)O. The first-order valence-corrected chi connectivity index (χ1v) is 5.72. The van der Waals surface area contributed by atoms with Gasteiger partial charge in [-0.2, -0.15) is 8.42 Å². The molecule has 0 fully saturated rings. The van der Waals surface area contributed by atoms with Crippen LogP contribution in [0.3, 0.4) is 0 Å². The third kappa shape index (κ3) is 7.14. The number of methoxy groups -OCH3 is 1. The van der Waals surface area contributed by atoms with Gasteiger partial charge in [-0.1, -0.05) is 6.07 Å². The molecule has 0 spiro atoms. The van der Waals surface area contributed by atoms with E-state index in [1.165, 1.54) is 0 Å². The lowest BCUT2D eigenvalue weighted by atomic mass is 10.3. The Morgan fingerprint density at radius 2 is 1.87 bits per heavy atom. The molecule has 0 aliphatic carbocycles. The van der Waals surface area contributed by atoms with Gasteiger partial charge in [-0.15, -0.1) is 0 Å². The monoisotopic (exact) mass is 299 g/mol. The number of nitrogens with two attached hydrogens (primary N) is 1. The second-order valence-corrected chi connectivity index (χ2v) is 4.05. The molecule has 0 unspecified atom stereocenters. The Morgan fingerprint density at radius 1 is 1.40 bits per heavy atom. The fourth-order valence-electron chi connectivity index (χ4n) is 0.695. The average Bonchev–Trinajstić information content (AvgIpc) is 2.07. The van der Waals surface area contributed by atoms with Gasteiger partial charge >= 0.3 is 10.4 Å². The minimum absolute atomic E-state index is 0.644. The van der Waals surface area contributed by atoms with Gasteiger partial charge < -0.3 is 10.5 Å². The van der Waals surface area contributed by atoms with Crippen LogP contribution < -0.4 is 10.5 Å². The van der Waals surface area contributed by atoms with E-state index in [9.17, 15) is 0 Å². The van der Waals surface area contributed by atoms with Crippen molar-refractivity contribution in [3.05, 3.63) is 22.7 Å².